The number of hydrogen-bond donors (Lipinski definition) is 1. The van der Waals surface area contributed by atoms with Gasteiger partial charge in [-0.3, -0.25) is 9.67 Å². The van der Waals surface area contributed by atoms with Gasteiger partial charge in [0.1, 0.15) is 6.10 Å². The number of rotatable bonds is 4. The van der Waals surface area contributed by atoms with Gasteiger partial charge in [0.25, 0.3) is 0 Å². The maximum Gasteiger partial charge on any atom is 0.246 e. The summed E-state index contributed by atoms with van der Waals surface area (Å²) < 4.78 is 13.0. The average molecular weight is 416 g/mol. The molecule has 1 N–H and O–H groups in total. The summed E-state index contributed by atoms with van der Waals surface area (Å²) in [6, 6.07) is 7.31. The van der Waals surface area contributed by atoms with E-state index in [0.29, 0.717) is 36.4 Å². The summed E-state index contributed by atoms with van der Waals surface area (Å²) in [6.07, 6.45) is 3.76. The predicted molar refractivity (Wildman–Crippen MR) is 108 cm³/mol. The van der Waals surface area contributed by atoms with Gasteiger partial charge in [-0.2, -0.15) is 10.1 Å². The van der Waals surface area contributed by atoms with Crippen LogP contribution in [0.25, 0.3) is 11.4 Å². The lowest BCUT2D eigenvalue weighted by molar-refractivity contribution is -0.00809. The third-order valence-electron chi connectivity index (χ3n) is 4.64. The lowest BCUT2D eigenvalue weighted by Gasteiger charge is -2.34. The van der Waals surface area contributed by atoms with Crippen molar-refractivity contribution in [2.45, 2.75) is 12.6 Å². The van der Waals surface area contributed by atoms with E-state index in [1.54, 1.807) is 23.9 Å². The van der Waals surface area contributed by atoms with Crippen LogP contribution in [0.15, 0.2) is 46.2 Å². The molecule has 0 spiro atoms. The summed E-state index contributed by atoms with van der Waals surface area (Å²) in [4.78, 5) is 11.0. The fourth-order valence-corrected chi connectivity index (χ4v) is 3.31. The number of nitrogens with zero attached hydrogens (tertiary/aromatic N) is 6. The Balaban J connectivity index is 1.37. The highest BCUT2D eigenvalue weighted by atomic mass is 35.5. The number of halogens is 1. The van der Waals surface area contributed by atoms with Gasteiger partial charge in [0.15, 0.2) is 5.96 Å². The Labute approximate surface area is 173 Å². The summed E-state index contributed by atoms with van der Waals surface area (Å²) in [5.41, 5.74) is 1.90. The first-order chi connectivity index (χ1) is 14.1. The van der Waals surface area contributed by atoms with Crippen molar-refractivity contribution >= 4 is 17.6 Å². The standard InChI is InChI=1S/C19H22ClN7O2/c1-21-19(27-7-8-28-16(12-27)14-9-23-26(2)11-14)22-10-17-24-18(25-29-17)13-3-5-15(20)6-4-13/h3-6,9,11,16H,7-8,10,12H2,1-2H3,(H,21,22). The summed E-state index contributed by atoms with van der Waals surface area (Å²) in [5, 5.41) is 12.2. The molecule has 1 aliphatic heterocycles. The van der Waals surface area contributed by atoms with Crippen molar-refractivity contribution in [1.82, 2.24) is 30.1 Å². The van der Waals surface area contributed by atoms with E-state index in [4.69, 9.17) is 20.9 Å². The van der Waals surface area contributed by atoms with E-state index in [1.165, 1.54) is 0 Å². The first-order valence-corrected chi connectivity index (χ1v) is 9.64. The molecule has 3 heterocycles. The van der Waals surface area contributed by atoms with Crippen molar-refractivity contribution in [1.29, 1.82) is 0 Å². The first-order valence-electron chi connectivity index (χ1n) is 9.26. The summed E-state index contributed by atoms with van der Waals surface area (Å²) in [5.74, 6) is 1.76. The number of guanidine groups is 1. The predicted octanol–water partition coefficient (Wildman–Crippen LogP) is 2.27. The van der Waals surface area contributed by atoms with Crippen LogP contribution in [0, 0.1) is 0 Å². The topological polar surface area (TPSA) is 93.6 Å². The van der Waals surface area contributed by atoms with E-state index < -0.39 is 0 Å². The van der Waals surface area contributed by atoms with Crippen molar-refractivity contribution < 1.29 is 9.26 Å². The SMILES string of the molecule is CN=C(NCc1nc(-c2ccc(Cl)cc2)no1)N1CCOC(c2cnn(C)c2)C1. The number of aliphatic imine (C=N–C) groups is 1. The summed E-state index contributed by atoms with van der Waals surface area (Å²) >= 11 is 5.92. The second-order valence-electron chi connectivity index (χ2n) is 6.67. The van der Waals surface area contributed by atoms with Crippen LogP contribution in [0.5, 0.6) is 0 Å². The normalized spacial score (nSPS) is 17.6. The van der Waals surface area contributed by atoms with Gasteiger partial charge in [-0.25, -0.2) is 0 Å². The molecule has 2 aromatic heterocycles. The molecule has 0 aliphatic carbocycles. The summed E-state index contributed by atoms with van der Waals surface area (Å²) in [7, 11) is 3.65. The molecule has 1 unspecified atom stereocenters. The molecule has 1 atom stereocenters. The number of aryl methyl sites for hydroxylation is 1. The molecular weight excluding hydrogens is 394 g/mol. The Morgan fingerprint density at radius 2 is 2.17 bits per heavy atom. The molecule has 1 fully saturated rings. The van der Waals surface area contributed by atoms with Crippen molar-refractivity contribution in [2.75, 3.05) is 26.7 Å². The third-order valence-corrected chi connectivity index (χ3v) is 4.89. The van der Waals surface area contributed by atoms with E-state index in [0.717, 1.165) is 23.6 Å². The minimum atomic E-state index is -0.0455. The Hall–Kier alpha value is -2.91. The fourth-order valence-electron chi connectivity index (χ4n) is 3.18. The lowest BCUT2D eigenvalue weighted by atomic mass is 10.1. The van der Waals surface area contributed by atoms with Crippen LogP contribution in [0.4, 0.5) is 0 Å². The molecule has 152 valence electrons. The van der Waals surface area contributed by atoms with E-state index in [-0.39, 0.29) is 6.10 Å². The molecule has 0 amide bonds. The number of hydrogen-bond acceptors (Lipinski definition) is 6. The van der Waals surface area contributed by atoms with Crippen LogP contribution in [0.2, 0.25) is 5.02 Å². The smallest absolute Gasteiger partial charge is 0.246 e. The van der Waals surface area contributed by atoms with Crippen molar-refractivity contribution in [2.24, 2.45) is 12.0 Å². The molecule has 1 saturated heterocycles. The number of ether oxygens (including phenoxy) is 1. The minimum Gasteiger partial charge on any atom is -0.370 e. The molecule has 0 bridgehead atoms. The van der Waals surface area contributed by atoms with Crippen LogP contribution < -0.4 is 5.32 Å². The van der Waals surface area contributed by atoms with Crippen molar-refractivity contribution in [3.8, 4) is 11.4 Å². The molecule has 4 rings (SSSR count). The van der Waals surface area contributed by atoms with E-state index >= 15 is 0 Å². The Bertz CT molecular complexity index is 983. The van der Waals surface area contributed by atoms with Gasteiger partial charge >= 0.3 is 0 Å². The second-order valence-corrected chi connectivity index (χ2v) is 7.11. The Morgan fingerprint density at radius 3 is 2.90 bits per heavy atom. The quantitative estimate of drug-likeness (QED) is 0.516. The van der Waals surface area contributed by atoms with E-state index in [9.17, 15) is 0 Å². The maximum atomic E-state index is 5.92. The zero-order chi connectivity index (χ0) is 20.2. The number of benzene rings is 1. The third kappa shape index (κ3) is 4.57. The zero-order valence-electron chi connectivity index (χ0n) is 16.2. The lowest BCUT2D eigenvalue weighted by Crippen LogP contribution is -2.47. The molecule has 10 heteroatoms. The zero-order valence-corrected chi connectivity index (χ0v) is 17.0. The number of morpholine rings is 1. The number of aromatic nitrogens is 4. The molecule has 0 radical (unpaired) electrons. The van der Waals surface area contributed by atoms with Gasteiger partial charge in [-0.1, -0.05) is 16.8 Å². The van der Waals surface area contributed by atoms with Gasteiger partial charge in [-0.15, -0.1) is 0 Å². The number of nitrogens with one attached hydrogen (secondary N) is 1. The van der Waals surface area contributed by atoms with E-state index in [2.05, 4.69) is 30.4 Å². The summed E-state index contributed by atoms with van der Waals surface area (Å²) in [6.45, 7) is 2.42. The van der Waals surface area contributed by atoms with Crippen LogP contribution in [-0.4, -0.2) is 57.5 Å². The largest absolute Gasteiger partial charge is 0.370 e. The molecule has 9 nitrogen and oxygen atoms in total. The highest BCUT2D eigenvalue weighted by Crippen LogP contribution is 2.22. The van der Waals surface area contributed by atoms with Crippen LogP contribution in [0.3, 0.4) is 0 Å². The fraction of sp³-hybridized carbons (Fsp3) is 0.368. The van der Waals surface area contributed by atoms with Gasteiger partial charge in [-0.05, 0) is 24.3 Å². The molecule has 1 aromatic carbocycles. The highest BCUT2D eigenvalue weighted by Gasteiger charge is 2.25. The minimum absolute atomic E-state index is 0.0455. The van der Waals surface area contributed by atoms with Crippen LogP contribution >= 0.6 is 11.6 Å². The second kappa shape index (κ2) is 8.62. The Kier molecular flexibility index (Phi) is 5.77. The molecule has 1 aliphatic rings. The molecular formula is C19H22ClN7O2. The molecule has 29 heavy (non-hydrogen) atoms. The van der Waals surface area contributed by atoms with Crippen molar-refractivity contribution in [3.63, 3.8) is 0 Å². The monoisotopic (exact) mass is 415 g/mol. The van der Waals surface area contributed by atoms with Gasteiger partial charge in [0.2, 0.25) is 11.7 Å². The molecule has 3 aromatic rings. The maximum absolute atomic E-state index is 5.92. The van der Waals surface area contributed by atoms with Crippen molar-refractivity contribution in [3.05, 3.63) is 53.1 Å². The Morgan fingerprint density at radius 1 is 1.34 bits per heavy atom. The molecule has 0 saturated carbocycles. The van der Waals surface area contributed by atoms with Crippen LogP contribution in [0.1, 0.15) is 17.6 Å². The van der Waals surface area contributed by atoms with Gasteiger partial charge in [0.05, 0.1) is 25.9 Å². The van der Waals surface area contributed by atoms with E-state index in [1.807, 2.05) is 31.6 Å². The highest BCUT2D eigenvalue weighted by molar-refractivity contribution is 6.30. The average Bonchev–Trinajstić information content (AvgIpc) is 3.39. The van der Waals surface area contributed by atoms with Gasteiger partial charge < -0.3 is 19.5 Å². The van der Waals surface area contributed by atoms with Gasteiger partial charge in [0, 0.05) is 43.0 Å². The van der Waals surface area contributed by atoms with Crippen LogP contribution in [-0.2, 0) is 18.3 Å². The first kappa shape index (κ1) is 19.4.